The van der Waals surface area contributed by atoms with Crippen LogP contribution in [0.4, 0.5) is 0 Å². The molecule has 0 spiro atoms. The van der Waals surface area contributed by atoms with Crippen LogP contribution in [0.5, 0.6) is 0 Å². The van der Waals surface area contributed by atoms with Crippen LogP contribution in [0.2, 0.25) is 0 Å². The first-order valence-corrected chi connectivity index (χ1v) is 25.1. The van der Waals surface area contributed by atoms with E-state index in [1.165, 1.54) is 63.3 Å². The Hall–Kier alpha value is -8.70. The average molecular weight is 900 g/mol. The van der Waals surface area contributed by atoms with Crippen molar-refractivity contribution < 1.29 is 0 Å². The summed E-state index contributed by atoms with van der Waals surface area (Å²) < 4.78 is 4.73. The highest BCUT2D eigenvalue weighted by Gasteiger charge is 2.33. The number of pyridine rings is 1. The van der Waals surface area contributed by atoms with Crippen LogP contribution in [-0.4, -0.2) is 14.1 Å². The van der Waals surface area contributed by atoms with Crippen molar-refractivity contribution in [2.24, 2.45) is 0 Å². The van der Waals surface area contributed by atoms with E-state index in [-0.39, 0.29) is 0 Å². The summed E-state index contributed by atoms with van der Waals surface area (Å²) in [6, 6.07) is 99.5. The maximum absolute atomic E-state index is 5.65. The van der Waals surface area contributed by atoms with Crippen LogP contribution in [0.1, 0.15) is 0 Å². The lowest BCUT2D eigenvalue weighted by atomic mass is 10.0. The largest absolute Gasteiger partial charge is 0.309 e. The van der Waals surface area contributed by atoms with Gasteiger partial charge in [-0.15, -0.1) is 10.0 Å². The van der Waals surface area contributed by atoms with Crippen LogP contribution in [0.25, 0.3) is 88.6 Å². The summed E-state index contributed by atoms with van der Waals surface area (Å²) in [4.78, 5) is 10.8. The van der Waals surface area contributed by atoms with Gasteiger partial charge in [0.15, 0.2) is 0 Å². The molecule has 0 unspecified atom stereocenters. The molecule has 3 aromatic heterocycles. The van der Waals surface area contributed by atoms with E-state index < -0.39 is 10.0 Å². The molecule has 13 rings (SSSR count). The average Bonchev–Trinajstić information content (AvgIpc) is 3.95. The van der Waals surface area contributed by atoms with Crippen LogP contribution in [0.15, 0.2) is 293 Å². The molecule has 3 heterocycles. The molecule has 0 aliphatic carbocycles. The van der Waals surface area contributed by atoms with Crippen LogP contribution >= 0.6 is 10.0 Å². The zero-order valence-electron chi connectivity index (χ0n) is 37.7. The van der Waals surface area contributed by atoms with Crippen molar-refractivity contribution in [1.29, 1.82) is 0 Å². The van der Waals surface area contributed by atoms with Gasteiger partial charge in [-0.1, -0.05) is 164 Å². The molecule has 0 radical (unpaired) electrons. The Balaban J connectivity index is 0.995. The first-order valence-electron chi connectivity index (χ1n) is 23.5. The Morgan fingerprint density at radius 1 is 0.261 bits per heavy atom. The molecule has 0 N–H and O–H groups in total. The lowest BCUT2D eigenvalue weighted by Crippen LogP contribution is -2.05. The monoisotopic (exact) mass is 899 g/mol. The summed E-state index contributed by atoms with van der Waals surface area (Å²) in [6.07, 6.45) is 0. The highest BCUT2D eigenvalue weighted by atomic mass is 32.3. The summed E-state index contributed by atoms with van der Waals surface area (Å²) in [5, 5.41) is 4.86. The Labute approximate surface area is 403 Å². The Bertz CT molecular complexity index is 3900. The van der Waals surface area contributed by atoms with Crippen LogP contribution in [0, 0.1) is 0 Å². The van der Waals surface area contributed by atoms with E-state index in [1.807, 2.05) is 0 Å². The normalized spacial score (nSPS) is 12.0. The van der Waals surface area contributed by atoms with E-state index in [0.717, 1.165) is 44.9 Å². The molecule has 10 aromatic carbocycles. The SMILES string of the molecule is c1ccc(-c2cc(-c3cccc(S(c4ccccc4)(c4ccccc4)c4ccccc4)c3)nc(-n3c4ccccc4c4cc(-c5ccc6c(c5)c5ccccc5n6-c5ccccc5)ccc43)c2)cc1. The summed E-state index contributed by atoms with van der Waals surface area (Å²) in [5.41, 5.74) is 12.4. The maximum atomic E-state index is 5.65. The van der Waals surface area contributed by atoms with Gasteiger partial charge in [-0.25, -0.2) is 4.98 Å². The van der Waals surface area contributed by atoms with Gasteiger partial charge in [0.25, 0.3) is 0 Å². The Morgan fingerprint density at radius 2 is 0.696 bits per heavy atom. The Kier molecular flexibility index (Phi) is 9.92. The number of hydrogen-bond acceptors (Lipinski definition) is 1. The molecule has 0 aliphatic rings. The van der Waals surface area contributed by atoms with Crippen molar-refractivity contribution in [3.63, 3.8) is 0 Å². The number of benzene rings is 10. The fourth-order valence-corrected chi connectivity index (χ4v) is 14.4. The highest BCUT2D eigenvalue weighted by Crippen LogP contribution is 2.73. The molecule has 0 amide bonds. The predicted molar refractivity (Wildman–Crippen MR) is 289 cm³/mol. The summed E-state index contributed by atoms with van der Waals surface area (Å²) in [7, 11) is -1.91. The van der Waals surface area contributed by atoms with E-state index in [4.69, 9.17) is 4.98 Å². The van der Waals surface area contributed by atoms with Crippen LogP contribution < -0.4 is 0 Å². The second-order valence-electron chi connectivity index (χ2n) is 17.5. The van der Waals surface area contributed by atoms with E-state index in [1.54, 1.807) is 0 Å². The van der Waals surface area contributed by atoms with E-state index in [0.29, 0.717) is 0 Å². The zero-order chi connectivity index (χ0) is 45.7. The van der Waals surface area contributed by atoms with Gasteiger partial charge >= 0.3 is 0 Å². The van der Waals surface area contributed by atoms with Crippen molar-refractivity contribution >= 4 is 53.6 Å². The second-order valence-corrected chi connectivity index (χ2v) is 20.7. The van der Waals surface area contributed by atoms with Gasteiger partial charge in [0.05, 0.1) is 27.8 Å². The fraction of sp³-hybridized carbons (Fsp3) is 0. The number of para-hydroxylation sites is 3. The van der Waals surface area contributed by atoms with Crippen molar-refractivity contribution in [2.75, 3.05) is 0 Å². The van der Waals surface area contributed by atoms with Gasteiger partial charge in [0.2, 0.25) is 0 Å². The molecule has 0 atom stereocenters. The van der Waals surface area contributed by atoms with Crippen LogP contribution in [0.3, 0.4) is 0 Å². The molecular weight excluding hydrogens is 855 g/mol. The molecule has 69 heavy (non-hydrogen) atoms. The van der Waals surface area contributed by atoms with Crippen molar-refractivity contribution in [3.8, 4) is 45.0 Å². The van der Waals surface area contributed by atoms with E-state index in [9.17, 15) is 0 Å². The number of aromatic nitrogens is 3. The van der Waals surface area contributed by atoms with Crippen molar-refractivity contribution in [1.82, 2.24) is 14.1 Å². The molecule has 0 saturated heterocycles. The highest BCUT2D eigenvalue weighted by molar-refractivity contribution is 8.34. The lowest BCUT2D eigenvalue weighted by molar-refractivity contribution is 1.08. The summed E-state index contributed by atoms with van der Waals surface area (Å²) in [6.45, 7) is 0. The zero-order valence-corrected chi connectivity index (χ0v) is 38.5. The van der Waals surface area contributed by atoms with Gasteiger partial charge in [-0.05, 0) is 131 Å². The minimum atomic E-state index is -1.91. The van der Waals surface area contributed by atoms with Gasteiger partial charge in [-0.3, -0.25) is 4.57 Å². The topological polar surface area (TPSA) is 22.8 Å². The van der Waals surface area contributed by atoms with Gasteiger partial charge in [-0.2, -0.15) is 0 Å². The summed E-state index contributed by atoms with van der Waals surface area (Å²) in [5.74, 6) is 0.874. The molecule has 326 valence electrons. The molecule has 0 saturated carbocycles. The number of rotatable bonds is 9. The Morgan fingerprint density at radius 3 is 1.26 bits per heavy atom. The second kappa shape index (κ2) is 16.9. The molecule has 3 nitrogen and oxygen atoms in total. The predicted octanol–water partition coefficient (Wildman–Crippen LogP) is 17.6. The smallest absolute Gasteiger partial charge is 0.138 e. The number of fused-ring (bicyclic) bond motifs is 6. The van der Waals surface area contributed by atoms with Gasteiger partial charge < -0.3 is 4.57 Å². The standard InChI is InChI=1S/C65H45N3S/c1-6-21-46(22-7-1)50-44-60(49-23-20-32-55(41-49)69(52-26-10-3-11-27-52,53-28-12-4-13-29-53)54-30-14-5-15-31-54)66-65(45-50)68-62-36-19-17-34-57(62)59-43-48(38-40-64(59)68)47-37-39-63-58(42-47)56-33-16-18-35-61(56)67(63)51-24-8-2-9-25-51/h1-45H. The van der Waals surface area contributed by atoms with E-state index >= 15 is 0 Å². The molecule has 0 bridgehead atoms. The van der Waals surface area contributed by atoms with E-state index in [2.05, 4.69) is 282 Å². The lowest BCUT2D eigenvalue weighted by Gasteiger charge is -2.42. The maximum Gasteiger partial charge on any atom is 0.138 e. The minimum Gasteiger partial charge on any atom is -0.309 e. The van der Waals surface area contributed by atoms with Crippen LogP contribution in [-0.2, 0) is 0 Å². The third-order valence-electron chi connectivity index (χ3n) is 13.6. The minimum absolute atomic E-state index is 0.874. The molecular formula is C65H45N3S. The number of nitrogens with zero attached hydrogens (tertiary/aromatic N) is 3. The van der Waals surface area contributed by atoms with Crippen molar-refractivity contribution in [2.45, 2.75) is 19.6 Å². The first kappa shape index (κ1) is 40.6. The molecule has 4 heteroatoms. The number of hydrogen-bond donors (Lipinski definition) is 0. The van der Waals surface area contributed by atoms with Gasteiger partial charge in [0.1, 0.15) is 5.82 Å². The first-order chi connectivity index (χ1) is 34.2. The molecule has 0 aliphatic heterocycles. The quantitative estimate of drug-likeness (QED) is 0.142. The summed E-state index contributed by atoms with van der Waals surface area (Å²) >= 11 is 0. The van der Waals surface area contributed by atoms with Crippen molar-refractivity contribution in [3.05, 3.63) is 273 Å². The fourth-order valence-electron chi connectivity index (χ4n) is 10.5. The van der Waals surface area contributed by atoms with Gasteiger partial charge in [0, 0.05) is 52.4 Å². The molecule has 13 aromatic rings. The third kappa shape index (κ3) is 6.79. The third-order valence-corrected chi connectivity index (χ3v) is 17.5. The molecule has 0 fully saturated rings.